The molecule has 0 aliphatic rings. The maximum atomic E-state index is 14.2. The van der Waals surface area contributed by atoms with Crippen molar-refractivity contribution in [2.45, 2.75) is 19.8 Å². The van der Waals surface area contributed by atoms with Crippen LogP contribution in [0.2, 0.25) is 0 Å². The van der Waals surface area contributed by atoms with Crippen molar-refractivity contribution in [2.24, 2.45) is 5.84 Å². The number of hydrogen-bond donors (Lipinski definition) is 2. The standard InChI is InChI=1S/C28H23F3N2O4/c29-22-10-4-1-7-18(22)15-35-25-13-21(28(34)33-32)14-26(36-16-19-8-2-5-11-23(19)30)27(25)37-17-20-9-3-6-12-24(20)31/h1-14H,15-17,32H2,(H,33,34). The van der Waals surface area contributed by atoms with Gasteiger partial charge in [0.15, 0.2) is 11.5 Å². The van der Waals surface area contributed by atoms with Gasteiger partial charge >= 0.3 is 0 Å². The van der Waals surface area contributed by atoms with E-state index in [1.807, 2.05) is 5.43 Å². The van der Waals surface area contributed by atoms with Crippen molar-refractivity contribution >= 4 is 5.91 Å². The SMILES string of the molecule is NNC(=O)c1cc(OCc2ccccc2F)c(OCc2ccccc2F)c(OCc2ccccc2F)c1. The van der Waals surface area contributed by atoms with Crippen molar-refractivity contribution < 1.29 is 32.2 Å². The average Bonchev–Trinajstić information content (AvgIpc) is 2.91. The highest BCUT2D eigenvalue weighted by Crippen LogP contribution is 2.40. The van der Waals surface area contributed by atoms with Crippen molar-refractivity contribution in [3.05, 3.63) is 125 Å². The van der Waals surface area contributed by atoms with E-state index in [1.54, 1.807) is 54.6 Å². The van der Waals surface area contributed by atoms with Crippen molar-refractivity contribution in [1.82, 2.24) is 5.43 Å². The molecule has 0 radical (unpaired) electrons. The molecule has 0 aliphatic carbocycles. The summed E-state index contributed by atoms with van der Waals surface area (Å²) in [6.07, 6.45) is 0. The number of hydrazine groups is 1. The molecule has 0 saturated carbocycles. The van der Waals surface area contributed by atoms with E-state index in [-0.39, 0.29) is 59.3 Å². The van der Waals surface area contributed by atoms with Crippen LogP contribution >= 0.6 is 0 Å². The number of amides is 1. The summed E-state index contributed by atoms with van der Waals surface area (Å²) in [5, 5.41) is 0. The smallest absolute Gasteiger partial charge is 0.265 e. The molecule has 0 unspecified atom stereocenters. The zero-order valence-corrected chi connectivity index (χ0v) is 19.5. The van der Waals surface area contributed by atoms with Crippen LogP contribution in [0.3, 0.4) is 0 Å². The Labute approximate surface area is 211 Å². The molecule has 3 N–H and O–H groups in total. The van der Waals surface area contributed by atoms with E-state index in [4.69, 9.17) is 20.1 Å². The highest BCUT2D eigenvalue weighted by molar-refractivity contribution is 5.95. The Morgan fingerprint density at radius 2 is 1.03 bits per heavy atom. The third kappa shape index (κ3) is 6.39. The number of carbonyl (C=O) groups excluding carboxylic acids is 1. The fourth-order valence-electron chi connectivity index (χ4n) is 3.46. The molecule has 0 atom stereocenters. The van der Waals surface area contributed by atoms with Crippen LogP contribution in [0.5, 0.6) is 17.2 Å². The molecular weight excluding hydrogens is 485 g/mol. The van der Waals surface area contributed by atoms with Gasteiger partial charge in [0.2, 0.25) is 5.75 Å². The molecule has 1 amide bonds. The van der Waals surface area contributed by atoms with Gasteiger partial charge in [0.05, 0.1) is 0 Å². The first kappa shape index (κ1) is 25.6. The summed E-state index contributed by atoms with van der Waals surface area (Å²) in [6.45, 7) is -0.617. The Hall–Kier alpha value is -4.50. The minimum absolute atomic E-state index is 0.0178. The van der Waals surface area contributed by atoms with E-state index in [9.17, 15) is 18.0 Å². The summed E-state index contributed by atoms with van der Waals surface area (Å²) in [4.78, 5) is 12.4. The molecule has 190 valence electrons. The number of nitrogens with two attached hydrogens (primary N) is 1. The molecule has 0 bridgehead atoms. The predicted octanol–water partition coefficient (Wildman–Crippen LogP) is 5.44. The van der Waals surface area contributed by atoms with E-state index >= 15 is 0 Å². The molecule has 0 aromatic heterocycles. The Morgan fingerprint density at radius 1 is 0.649 bits per heavy atom. The maximum Gasteiger partial charge on any atom is 0.265 e. The van der Waals surface area contributed by atoms with Gasteiger partial charge < -0.3 is 14.2 Å². The molecule has 0 fully saturated rings. The van der Waals surface area contributed by atoms with E-state index < -0.39 is 23.4 Å². The second-order valence-corrected chi connectivity index (χ2v) is 7.92. The van der Waals surface area contributed by atoms with E-state index in [0.29, 0.717) is 0 Å². The summed E-state index contributed by atoms with van der Waals surface area (Å²) in [5.74, 6) is 3.26. The van der Waals surface area contributed by atoms with Crippen LogP contribution in [-0.2, 0) is 19.8 Å². The number of rotatable bonds is 10. The second kappa shape index (κ2) is 12.0. The average molecular weight is 508 g/mol. The predicted molar refractivity (Wildman–Crippen MR) is 130 cm³/mol. The van der Waals surface area contributed by atoms with Gasteiger partial charge in [0, 0.05) is 22.3 Å². The second-order valence-electron chi connectivity index (χ2n) is 7.92. The van der Waals surface area contributed by atoms with Crippen molar-refractivity contribution in [1.29, 1.82) is 0 Å². The van der Waals surface area contributed by atoms with Crippen LogP contribution in [0, 0.1) is 17.5 Å². The first-order chi connectivity index (χ1) is 18.0. The minimum atomic E-state index is -0.660. The maximum absolute atomic E-state index is 14.2. The number of nitrogen functional groups attached to an aromatic ring is 1. The lowest BCUT2D eigenvalue weighted by atomic mass is 10.1. The zero-order chi connectivity index (χ0) is 26.2. The number of halogens is 3. The topological polar surface area (TPSA) is 82.8 Å². The van der Waals surface area contributed by atoms with Crippen LogP contribution < -0.4 is 25.5 Å². The van der Waals surface area contributed by atoms with Gasteiger partial charge in [-0.15, -0.1) is 0 Å². The van der Waals surface area contributed by atoms with Gasteiger partial charge in [0.1, 0.15) is 37.3 Å². The fourth-order valence-corrected chi connectivity index (χ4v) is 3.46. The van der Waals surface area contributed by atoms with Crippen LogP contribution in [0.15, 0.2) is 84.9 Å². The first-order valence-electron chi connectivity index (χ1n) is 11.2. The first-order valence-corrected chi connectivity index (χ1v) is 11.2. The minimum Gasteiger partial charge on any atom is -0.485 e. The largest absolute Gasteiger partial charge is 0.485 e. The number of nitrogens with one attached hydrogen (secondary N) is 1. The quantitative estimate of drug-likeness (QED) is 0.169. The van der Waals surface area contributed by atoms with Crippen LogP contribution in [0.25, 0.3) is 0 Å². The number of hydrogen-bond acceptors (Lipinski definition) is 5. The summed E-state index contributed by atoms with van der Waals surface area (Å²) >= 11 is 0. The summed E-state index contributed by atoms with van der Waals surface area (Å²) in [5.41, 5.74) is 2.84. The molecular formula is C28H23F3N2O4. The number of carbonyl (C=O) groups is 1. The molecule has 4 rings (SSSR count). The normalized spacial score (nSPS) is 10.6. The van der Waals surface area contributed by atoms with Gasteiger partial charge in [-0.05, 0) is 30.3 Å². The Kier molecular flexibility index (Phi) is 8.27. The molecule has 9 heteroatoms. The Balaban J connectivity index is 1.72. The summed E-state index contributed by atoms with van der Waals surface area (Å²) < 4.78 is 60.2. The van der Waals surface area contributed by atoms with E-state index in [2.05, 4.69) is 0 Å². The van der Waals surface area contributed by atoms with Gasteiger partial charge in [-0.25, -0.2) is 19.0 Å². The number of ether oxygens (including phenoxy) is 3. The molecule has 0 spiro atoms. The molecule has 0 aliphatic heterocycles. The molecule has 4 aromatic rings. The molecule has 0 heterocycles. The monoisotopic (exact) mass is 508 g/mol. The highest BCUT2D eigenvalue weighted by atomic mass is 19.1. The third-order valence-corrected chi connectivity index (χ3v) is 5.43. The molecule has 0 saturated heterocycles. The summed E-state index contributed by atoms with van der Waals surface area (Å²) in [6, 6.07) is 20.8. The van der Waals surface area contributed by atoms with Gasteiger partial charge in [-0.1, -0.05) is 54.6 Å². The summed E-state index contributed by atoms with van der Waals surface area (Å²) in [7, 11) is 0. The van der Waals surface area contributed by atoms with Gasteiger partial charge in [-0.3, -0.25) is 10.2 Å². The van der Waals surface area contributed by atoms with Gasteiger partial charge in [0.25, 0.3) is 5.91 Å². The van der Waals surface area contributed by atoms with Crippen LogP contribution in [0.4, 0.5) is 13.2 Å². The highest BCUT2D eigenvalue weighted by Gasteiger charge is 2.20. The zero-order valence-electron chi connectivity index (χ0n) is 19.5. The number of benzene rings is 4. The molecule has 4 aromatic carbocycles. The lowest BCUT2D eigenvalue weighted by Gasteiger charge is -2.19. The third-order valence-electron chi connectivity index (χ3n) is 5.43. The molecule has 37 heavy (non-hydrogen) atoms. The van der Waals surface area contributed by atoms with E-state index in [0.717, 1.165) is 0 Å². The van der Waals surface area contributed by atoms with Crippen molar-refractivity contribution in [3.8, 4) is 17.2 Å². The molecule has 6 nitrogen and oxygen atoms in total. The van der Waals surface area contributed by atoms with Crippen LogP contribution in [0.1, 0.15) is 27.0 Å². The lowest BCUT2D eigenvalue weighted by molar-refractivity contribution is 0.0952. The fraction of sp³-hybridized carbons (Fsp3) is 0.107. The van der Waals surface area contributed by atoms with E-state index in [1.165, 1.54) is 30.3 Å². The van der Waals surface area contributed by atoms with Crippen molar-refractivity contribution in [3.63, 3.8) is 0 Å². The van der Waals surface area contributed by atoms with Gasteiger partial charge in [-0.2, -0.15) is 0 Å². The lowest BCUT2D eigenvalue weighted by Crippen LogP contribution is -2.30. The van der Waals surface area contributed by atoms with Crippen molar-refractivity contribution in [2.75, 3.05) is 0 Å². The Bertz CT molecular complexity index is 1330. The Morgan fingerprint density at radius 3 is 1.41 bits per heavy atom. The van der Waals surface area contributed by atoms with Crippen LogP contribution in [-0.4, -0.2) is 5.91 Å².